The maximum absolute atomic E-state index is 5.39. The van der Waals surface area contributed by atoms with Gasteiger partial charge in [0.15, 0.2) is 0 Å². The van der Waals surface area contributed by atoms with E-state index in [9.17, 15) is 0 Å². The molecule has 1 aromatic heterocycles. The van der Waals surface area contributed by atoms with Gasteiger partial charge in [-0.1, -0.05) is 25.3 Å². The third kappa shape index (κ3) is 4.12. The molecule has 23 heavy (non-hydrogen) atoms. The van der Waals surface area contributed by atoms with Crippen LogP contribution in [-0.4, -0.2) is 23.1 Å². The normalized spacial score (nSPS) is 15.2. The summed E-state index contributed by atoms with van der Waals surface area (Å²) in [6.45, 7) is 2.05. The van der Waals surface area contributed by atoms with E-state index in [1.807, 2.05) is 31.2 Å². The lowest BCUT2D eigenvalue weighted by atomic mass is 9.95. The molecule has 0 bridgehead atoms. The molecule has 3 rings (SSSR count). The average molecular weight is 312 g/mol. The summed E-state index contributed by atoms with van der Waals surface area (Å²) in [6.07, 6.45) is 8.17. The Morgan fingerprint density at radius 3 is 2.74 bits per heavy atom. The van der Waals surface area contributed by atoms with Gasteiger partial charge in [0.05, 0.1) is 12.8 Å². The van der Waals surface area contributed by atoms with Crippen LogP contribution in [0.5, 0.6) is 5.75 Å². The number of nitrogens with one attached hydrogen (secondary N) is 2. The topological polar surface area (TPSA) is 59.1 Å². The number of anilines is 3. The van der Waals surface area contributed by atoms with E-state index in [2.05, 4.69) is 20.6 Å². The van der Waals surface area contributed by atoms with Crippen LogP contribution in [0.1, 0.15) is 37.7 Å². The summed E-state index contributed by atoms with van der Waals surface area (Å²) in [4.78, 5) is 8.89. The Morgan fingerprint density at radius 1 is 1.13 bits per heavy atom. The van der Waals surface area contributed by atoms with Gasteiger partial charge >= 0.3 is 0 Å². The number of rotatable bonds is 5. The van der Waals surface area contributed by atoms with Crippen LogP contribution in [0.15, 0.2) is 30.5 Å². The lowest BCUT2D eigenvalue weighted by molar-refractivity contribution is 0.416. The van der Waals surface area contributed by atoms with Crippen LogP contribution in [0.2, 0.25) is 0 Å². The molecule has 5 heteroatoms. The van der Waals surface area contributed by atoms with Crippen LogP contribution in [0.25, 0.3) is 0 Å². The summed E-state index contributed by atoms with van der Waals surface area (Å²) in [5.41, 5.74) is 2.03. The molecule has 1 saturated carbocycles. The van der Waals surface area contributed by atoms with Crippen molar-refractivity contribution in [2.75, 3.05) is 17.7 Å². The van der Waals surface area contributed by atoms with Crippen molar-refractivity contribution in [1.82, 2.24) is 9.97 Å². The number of benzene rings is 1. The first-order valence-corrected chi connectivity index (χ1v) is 8.26. The van der Waals surface area contributed by atoms with Gasteiger partial charge in [-0.25, -0.2) is 4.98 Å². The van der Waals surface area contributed by atoms with Gasteiger partial charge in [0.25, 0.3) is 0 Å². The Balaban J connectivity index is 1.73. The summed E-state index contributed by atoms with van der Waals surface area (Å²) in [5.74, 6) is 2.24. The van der Waals surface area contributed by atoms with E-state index in [-0.39, 0.29) is 0 Å². The molecule has 0 spiro atoms. The first kappa shape index (κ1) is 15.6. The molecule has 0 aliphatic heterocycles. The summed E-state index contributed by atoms with van der Waals surface area (Å²) in [6, 6.07) is 8.45. The zero-order valence-electron chi connectivity index (χ0n) is 13.8. The van der Waals surface area contributed by atoms with Gasteiger partial charge in [-0.15, -0.1) is 0 Å². The molecule has 0 radical (unpaired) electrons. The van der Waals surface area contributed by atoms with Crippen LogP contribution < -0.4 is 15.4 Å². The second kappa shape index (κ2) is 7.31. The molecule has 1 aliphatic carbocycles. The number of methoxy groups -OCH3 is 1. The molecular weight excluding hydrogens is 288 g/mol. The van der Waals surface area contributed by atoms with E-state index in [0.29, 0.717) is 12.0 Å². The summed E-state index contributed by atoms with van der Waals surface area (Å²) < 4.78 is 5.39. The third-order valence-electron chi connectivity index (χ3n) is 4.21. The fourth-order valence-electron chi connectivity index (χ4n) is 3.00. The molecule has 2 aromatic rings. The number of ether oxygens (including phenoxy) is 1. The molecule has 0 saturated heterocycles. The Hall–Kier alpha value is -2.30. The highest BCUT2D eigenvalue weighted by Gasteiger charge is 2.14. The van der Waals surface area contributed by atoms with Crippen molar-refractivity contribution in [3.63, 3.8) is 0 Å². The first-order valence-electron chi connectivity index (χ1n) is 8.26. The quantitative estimate of drug-likeness (QED) is 0.863. The minimum atomic E-state index is 0.528. The van der Waals surface area contributed by atoms with Crippen LogP contribution in [0.4, 0.5) is 17.5 Å². The smallest absolute Gasteiger partial charge is 0.229 e. The predicted octanol–water partition coefficient (Wildman–Crippen LogP) is 4.28. The monoisotopic (exact) mass is 312 g/mol. The van der Waals surface area contributed by atoms with Crippen molar-refractivity contribution in [2.45, 2.75) is 45.1 Å². The van der Waals surface area contributed by atoms with Gasteiger partial charge in [0, 0.05) is 12.2 Å². The highest BCUT2D eigenvalue weighted by molar-refractivity contribution is 5.64. The van der Waals surface area contributed by atoms with E-state index in [4.69, 9.17) is 4.74 Å². The molecule has 1 heterocycles. The average Bonchev–Trinajstić information content (AvgIpc) is 2.56. The van der Waals surface area contributed by atoms with Crippen LogP contribution in [-0.2, 0) is 0 Å². The number of hydrogen-bond acceptors (Lipinski definition) is 5. The van der Waals surface area contributed by atoms with Crippen LogP contribution in [0, 0.1) is 6.92 Å². The fourth-order valence-corrected chi connectivity index (χ4v) is 3.00. The van der Waals surface area contributed by atoms with Gasteiger partial charge in [0.1, 0.15) is 11.6 Å². The van der Waals surface area contributed by atoms with Gasteiger partial charge in [-0.3, -0.25) is 0 Å². The molecule has 1 aliphatic rings. The van der Waals surface area contributed by atoms with Crippen LogP contribution in [0.3, 0.4) is 0 Å². The maximum Gasteiger partial charge on any atom is 0.229 e. The largest absolute Gasteiger partial charge is 0.495 e. The van der Waals surface area contributed by atoms with Gasteiger partial charge in [-0.2, -0.15) is 4.98 Å². The van der Waals surface area contributed by atoms with E-state index in [0.717, 1.165) is 22.8 Å². The number of hydrogen-bond donors (Lipinski definition) is 2. The van der Waals surface area contributed by atoms with Crippen molar-refractivity contribution in [1.29, 1.82) is 0 Å². The lowest BCUT2D eigenvalue weighted by Gasteiger charge is -2.23. The van der Waals surface area contributed by atoms with E-state index >= 15 is 0 Å². The molecule has 0 unspecified atom stereocenters. The zero-order chi connectivity index (χ0) is 16.1. The summed E-state index contributed by atoms with van der Waals surface area (Å²) in [7, 11) is 1.66. The molecule has 0 atom stereocenters. The molecule has 1 aromatic carbocycles. The molecule has 5 nitrogen and oxygen atoms in total. The van der Waals surface area contributed by atoms with E-state index in [1.165, 1.54) is 32.1 Å². The van der Waals surface area contributed by atoms with Crippen molar-refractivity contribution in [2.24, 2.45) is 0 Å². The van der Waals surface area contributed by atoms with Gasteiger partial charge in [0.2, 0.25) is 5.95 Å². The minimum absolute atomic E-state index is 0.528. The zero-order valence-corrected chi connectivity index (χ0v) is 13.8. The van der Waals surface area contributed by atoms with Crippen molar-refractivity contribution < 1.29 is 4.74 Å². The van der Waals surface area contributed by atoms with Gasteiger partial charge in [-0.05, 0) is 43.5 Å². The Kier molecular flexibility index (Phi) is 4.95. The standard InChI is InChI=1S/C18H24N4O/c1-13-8-9-16(23-2)15(12-13)21-18-19-11-10-17(22-18)20-14-6-4-3-5-7-14/h8-12,14H,3-7H2,1-2H3,(H2,19,20,21,22). The van der Waals surface area contributed by atoms with Crippen molar-refractivity contribution >= 4 is 17.5 Å². The number of nitrogens with zero attached hydrogens (tertiary/aromatic N) is 2. The highest BCUT2D eigenvalue weighted by Crippen LogP contribution is 2.28. The molecular formula is C18H24N4O. The molecule has 2 N–H and O–H groups in total. The van der Waals surface area contributed by atoms with Gasteiger partial charge < -0.3 is 15.4 Å². The Bertz CT molecular complexity index is 653. The lowest BCUT2D eigenvalue weighted by Crippen LogP contribution is -2.22. The first-order chi connectivity index (χ1) is 11.2. The Morgan fingerprint density at radius 2 is 1.96 bits per heavy atom. The molecule has 0 amide bonds. The third-order valence-corrected chi connectivity index (χ3v) is 4.21. The van der Waals surface area contributed by atoms with E-state index in [1.54, 1.807) is 13.3 Å². The molecule has 122 valence electrons. The second-order valence-corrected chi connectivity index (χ2v) is 6.07. The summed E-state index contributed by atoms with van der Waals surface area (Å²) in [5, 5.41) is 6.78. The minimum Gasteiger partial charge on any atom is -0.495 e. The molecule has 1 fully saturated rings. The highest BCUT2D eigenvalue weighted by atomic mass is 16.5. The number of aryl methyl sites for hydroxylation is 1. The van der Waals surface area contributed by atoms with E-state index < -0.39 is 0 Å². The van der Waals surface area contributed by atoms with Crippen molar-refractivity contribution in [3.8, 4) is 5.75 Å². The predicted molar refractivity (Wildman–Crippen MR) is 93.5 cm³/mol. The van der Waals surface area contributed by atoms with Crippen molar-refractivity contribution in [3.05, 3.63) is 36.0 Å². The summed E-state index contributed by atoms with van der Waals surface area (Å²) >= 11 is 0. The van der Waals surface area contributed by atoms with Crippen LogP contribution >= 0.6 is 0 Å². The maximum atomic E-state index is 5.39. The number of aromatic nitrogens is 2. The Labute approximate surface area is 137 Å². The second-order valence-electron chi connectivity index (χ2n) is 6.07. The SMILES string of the molecule is COc1ccc(C)cc1Nc1nccc(NC2CCCCC2)n1. The fraction of sp³-hybridized carbons (Fsp3) is 0.444.